The van der Waals surface area contributed by atoms with Gasteiger partial charge >= 0.3 is 0 Å². The number of hydrogen-bond acceptors (Lipinski definition) is 5. The lowest BCUT2D eigenvalue weighted by Crippen LogP contribution is -2.30. The zero-order chi connectivity index (χ0) is 23.0. The molecule has 0 unspecified atom stereocenters. The molecule has 0 atom stereocenters. The Balaban J connectivity index is 1.73. The van der Waals surface area contributed by atoms with Crippen LogP contribution in [0.3, 0.4) is 0 Å². The number of anilines is 1. The number of carbonyl (C=O) groups is 1. The zero-order valence-electron chi connectivity index (χ0n) is 16.8. The highest BCUT2D eigenvalue weighted by Crippen LogP contribution is 2.27. The van der Waals surface area contributed by atoms with Gasteiger partial charge < -0.3 is 10.3 Å². The van der Waals surface area contributed by atoms with Gasteiger partial charge in [0, 0.05) is 10.6 Å². The van der Waals surface area contributed by atoms with Gasteiger partial charge in [-0.1, -0.05) is 53.5 Å². The molecule has 0 aliphatic rings. The number of imidazole rings is 1. The molecule has 0 saturated carbocycles. The van der Waals surface area contributed by atoms with Gasteiger partial charge in [0.05, 0.1) is 22.8 Å². The molecule has 32 heavy (non-hydrogen) atoms. The highest BCUT2D eigenvalue weighted by Gasteiger charge is 2.23. The quantitative estimate of drug-likeness (QED) is 0.404. The fourth-order valence-electron chi connectivity index (χ4n) is 3.39. The molecule has 0 fully saturated rings. The molecule has 1 amide bonds. The van der Waals surface area contributed by atoms with E-state index in [0.717, 1.165) is 5.56 Å². The van der Waals surface area contributed by atoms with Crippen molar-refractivity contribution < 1.29 is 13.2 Å². The summed E-state index contributed by atoms with van der Waals surface area (Å²) in [4.78, 5) is 17.1. The van der Waals surface area contributed by atoms with Crippen molar-refractivity contribution in [1.29, 1.82) is 0 Å². The van der Waals surface area contributed by atoms with E-state index in [1.165, 1.54) is 24.3 Å². The molecule has 0 radical (unpaired) electrons. The Bertz CT molecular complexity index is 1470. The summed E-state index contributed by atoms with van der Waals surface area (Å²) in [7, 11) is -4.18. The van der Waals surface area contributed by atoms with Crippen LogP contribution in [-0.4, -0.2) is 23.9 Å². The van der Waals surface area contributed by atoms with Gasteiger partial charge in [-0.2, -0.15) is 0 Å². The zero-order valence-corrected chi connectivity index (χ0v) is 19.2. The van der Waals surface area contributed by atoms with E-state index in [4.69, 9.17) is 28.9 Å². The van der Waals surface area contributed by atoms with Crippen LogP contribution in [-0.2, 0) is 16.6 Å². The molecule has 4 aromatic rings. The molecule has 3 aromatic carbocycles. The molecule has 0 aliphatic carbocycles. The summed E-state index contributed by atoms with van der Waals surface area (Å²) in [6, 6.07) is 16.2. The minimum atomic E-state index is -4.18. The second-order valence-corrected chi connectivity index (χ2v) is 9.60. The number of nitrogens with zero attached hydrogens (tertiary/aromatic N) is 2. The normalized spacial score (nSPS) is 11.6. The predicted molar refractivity (Wildman–Crippen MR) is 126 cm³/mol. The summed E-state index contributed by atoms with van der Waals surface area (Å²) in [5.41, 5.74) is 8.44. The third kappa shape index (κ3) is 4.17. The van der Waals surface area contributed by atoms with Gasteiger partial charge in [0.2, 0.25) is 0 Å². The van der Waals surface area contributed by atoms with Crippen LogP contribution in [0.1, 0.15) is 21.7 Å². The molecule has 10 heteroatoms. The first kappa shape index (κ1) is 22.1. The van der Waals surface area contributed by atoms with Crippen LogP contribution in [0.25, 0.3) is 11.0 Å². The van der Waals surface area contributed by atoms with Crippen molar-refractivity contribution in [2.45, 2.75) is 18.4 Å². The van der Waals surface area contributed by atoms with Crippen molar-refractivity contribution in [3.8, 4) is 0 Å². The molecule has 3 N–H and O–H groups in total. The van der Waals surface area contributed by atoms with Gasteiger partial charge in [0.25, 0.3) is 15.9 Å². The summed E-state index contributed by atoms with van der Waals surface area (Å²) in [6.07, 6.45) is 0. The molecular weight excluding hydrogens is 471 g/mol. The average molecular weight is 489 g/mol. The minimum Gasteiger partial charge on any atom is -0.397 e. The third-order valence-electron chi connectivity index (χ3n) is 4.98. The largest absolute Gasteiger partial charge is 0.397 e. The van der Waals surface area contributed by atoms with Crippen LogP contribution in [0, 0.1) is 6.92 Å². The first-order valence-corrected chi connectivity index (χ1v) is 11.7. The molecule has 0 bridgehead atoms. The lowest BCUT2D eigenvalue weighted by atomic mass is 10.1. The molecule has 164 valence electrons. The fraction of sp³-hybridized carbons (Fsp3) is 0.0909. The number of halogens is 2. The van der Waals surface area contributed by atoms with Gasteiger partial charge in [0.15, 0.2) is 0 Å². The van der Waals surface area contributed by atoms with Crippen molar-refractivity contribution in [1.82, 2.24) is 14.3 Å². The van der Waals surface area contributed by atoms with Crippen LogP contribution >= 0.6 is 23.2 Å². The number of nitrogen functional groups attached to an aromatic ring is 1. The lowest BCUT2D eigenvalue weighted by molar-refractivity contribution is 0.0981. The van der Waals surface area contributed by atoms with E-state index in [0.29, 0.717) is 28.4 Å². The number of aromatic nitrogens is 2. The van der Waals surface area contributed by atoms with E-state index in [1.807, 2.05) is 34.4 Å². The number of rotatable bonds is 5. The van der Waals surface area contributed by atoms with Gasteiger partial charge in [0.1, 0.15) is 16.2 Å². The smallest absolute Gasteiger partial charge is 0.265 e. The second kappa shape index (κ2) is 8.46. The SMILES string of the molecule is Cc1nc2c(N)cc(C(=O)NS(=O)(=O)c3ccccc3Cl)cc2n1Cc1ccccc1Cl. The Morgan fingerprint density at radius 2 is 1.72 bits per heavy atom. The van der Waals surface area contributed by atoms with E-state index in [2.05, 4.69) is 4.98 Å². The van der Waals surface area contributed by atoms with Crippen molar-refractivity contribution in [2.75, 3.05) is 5.73 Å². The molecule has 0 spiro atoms. The summed E-state index contributed by atoms with van der Waals surface area (Å²) in [5.74, 6) is -0.158. The molecular formula is C22H18Cl2N4O3S. The van der Waals surface area contributed by atoms with E-state index >= 15 is 0 Å². The Labute approximate surface area is 194 Å². The van der Waals surface area contributed by atoms with Gasteiger partial charge in [-0.25, -0.2) is 18.1 Å². The summed E-state index contributed by atoms with van der Waals surface area (Å²) in [5, 5.41) is 0.609. The highest BCUT2D eigenvalue weighted by atomic mass is 35.5. The fourth-order valence-corrected chi connectivity index (χ4v) is 5.08. The Kier molecular flexibility index (Phi) is 5.85. The minimum absolute atomic E-state index is 0.0104. The van der Waals surface area contributed by atoms with Crippen molar-refractivity contribution >= 4 is 55.9 Å². The molecule has 0 aliphatic heterocycles. The number of nitrogens with one attached hydrogen (secondary N) is 1. The van der Waals surface area contributed by atoms with Gasteiger partial charge in [-0.3, -0.25) is 4.79 Å². The number of benzene rings is 3. The first-order chi connectivity index (χ1) is 15.2. The van der Waals surface area contributed by atoms with E-state index < -0.39 is 15.9 Å². The Morgan fingerprint density at radius 1 is 1.06 bits per heavy atom. The van der Waals surface area contributed by atoms with Gasteiger partial charge in [-0.05, 0) is 42.8 Å². The number of hydrogen-bond donors (Lipinski definition) is 2. The molecule has 7 nitrogen and oxygen atoms in total. The Morgan fingerprint density at radius 3 is 2.41 bits per heavy atom. The Hall–Kier alpha value is -3.07. The van der Waals surface area contributed by atoms with Crippen molar-refractivity contribution in [2.24, 2.45) is 0 Å². The number of aryl methyl sites for hydroxylation is 1. The van der Waals surface area contributed by atoms with Crippen LogP contribution in [0.2, 0.25) is 10.0 Å². The average Bonchev–Trinajstić information content (AvgIpc) is 3.05. The van der Waals surface area contributed by atoms with Crippen LogP contribution in [0.4, 0.5) is 5.69 Å². The number of carbonyl (C=O) groups excluding carboxylic acids is 1. The van der Waals surface area contributed by atoms with Gasteiger partial charge in [-0.15, -0.1) is 0 Å². The summed E-state index contributed by atoms with van der Waals surface area (Å²) < 4.78 is 29.2. The monoisotopic (exact) mass is 488 g/mol. The predicted octanol–water partition coefficient (Wildman–Crippen LogP) is 4.40. The summed E-state index contributed by atoms with van der Waals surface area (Å²) >= 11 is 12.3. The van der Waals surface area contributed by atoms with Crippen LogP contribution in [0.15, 0.2) is 65.6 Å². The topological polar surface area (TPSA) is 107 Å². The van der Waals surface area contributed by atoms with E-state index in [1.54, 1.807) is 18.2 Å². The summed E-state index contributed by atoms with van der Waals surface area (Å²) in [6.45, 7) is 2.22. The molecule has 4 rings (SSSR count). The lowest BCUT2D eigenvalue weighted by Gasteiger charge is -2.11. The third-order valence-corrected chi connectivity index (χ3v) is 7.18. The number of sulfonamides is 1. The number of nitrogens with two attached hydrogens (primary N) is 1. The number of amides is 1. The molecule has 1 aromatic heterocycles. The maximum atomic E-state index is 12.8. The van der Waals surface area contributed by atoms with Crippen molar-refractivity contribution in [3.05, 3.63) is 87.7 Å². The maximum absolute atomic E-state index is 12.8. The molecule has 0 saturated heterocycles. The maximum Gasteiger partial charge on any atom is 0.265 e. The van der Waals surface area contributed by atoms with E-state index in [-0.39, 0.29) is 21.2 Å². The highest BCUT2D eigenvalue weighted by molar-refractivity contribution is 7.90. The van der Waals surface area contributed by atoms with E-state index in [9.17, 15) is 13.2 Å². The number of fused-ring (bicyclic) bond motifs is 1. The first-order valence-electron chi connectivity index (χ1n) is 9.49. The van der Waals surface area contributed by atoms with Crippen molar-refractivity contribution in [3.63, 3.8) is 0 Å². The standard InChI is InChI=1S/C22H18Cl2N4O3S/c1-13-26-21-18(25)10-15(11-19(21)28(13)12-14-6-2-3-7-16(14)23)22(29)27-32(30,31)20-9-5-4-8-17(20)24/h2-11H,12,25H2,1H3,(H,27,29). The van der Waals surface area contributed by atoms with Crippen LogP contribution < -0.4 is 10.5 Å². The van der Waals surface area contributed by atoms with Crippen LogP contribution in [0.5, 0.6) is 0 Å². The second-order valence-electron chi connectivity index (χ2n) is 7.13. The molecule has 1 heterocycles.